The molecule has 41 heavy (non-hydrogen) atoms. The van der Waals surface area contributed by atoms with Crippen LogP contribution in [0, 0.1) is 17.8 Å². The maximum absolute atomic E-state index is 4.80. The van der Waals surface area contributed by atoms with Gasteiger partial charge in [0.2, 0.25) is 0 Å². The Morgan fingerprint density at radius 3 is 1.56 bits per heavy atom. The van der Waals surface area contributed by atoms with Crippen molar-refractivity contribution in [2.45, 2.75) is 40.5 Å². The molecule has 204 valence electrons. The molecule has 0 bridgehead atoms. The van der Waals surface area contributed by atoms with Crippen molar-refractivity contribution in [1.29, 1.82) is 0 Å². The van der Waals surface area contributed by atoms with Gasteiger partial charge in [0.25, 0.3) is 0 Å². The predicted octanol–water partition coefficient (Wildman–Crippen LogP) is 9.53. The van der Waals surface area contributed by atoms with E-state index in [0.29, 0.717) is 17.8 Å². The second-order valence-electron chi connectivity index (χ2n) is 12.1. The zero-order chi connectivity index (χ0) is 28.1. The number of aromatic nitrogens is 4. The number of hydrogen-bond donors (Lipinski definition) is 0. The summed E-state index contributed by atoms with van der Waals surface area (Å²) in [6, 6.07) is 32.9. The summed E-state index contributed by atoms with van der Waals surface area (Å²) >= 11 is 0. The maximum atomic E-state index is 4.80. The van der Waals surface area contributed by atoms with Crippen LogP contribution in [0.3, 0.4) is 0 Å². The molecule has 0 amide bonds. The Kier molecular flexibility index (Phi) is 6.34. The van der Waals surface area contributed by atoms with Gasteiger partial charge in [0.05, 0.1) is 33.1 Å². The van der Waals surface area contributed by atoms with E-state index in [0.717, 1.165) is 28.5 Å². The molecule has 0 fully saturated rings. The molecule has 4 heterocycles. The third kappa shape index (κ3) is 4.39. The molecular weight excluding hydrogens is 500 g/mol. The molecule has 0 aliphatic carbocycles. The number of benzene rings is 3. The summed E-state index contributed by atoms with van der Waals surface area (Å²) in [7, 11) is 0. The van der Waals surface area contributed by atoms with Gasteiger partial charge in [-0.2, -0.15) is 0 Å². The third-order valence-corrected chi connectivity index (χ3v) is 8.55. The first-order chi connectivity index (χ1) is 20.0. The summed E-state index contributed by atoms with van der Waals surface area (Å²) in [5.41, 5.74) is 10.4. The average molecular weight is 537 g/mol. The van der Waals surface area contributed by atoms with E-state index in [4.69, 9.17) is 9.97 Å². The first-order valence-electron chi connectivity index (χ1n) is 14.8. The van der Waals surface area contributed by atoms with E-state index in [9.17, 15) is 0 Å². The first kappa shape index (κ1) is 25.5. The number of fused-ring (bicyclic) bond motifs is 6. The van der Waals surface area contributed by atoms with Crippen molar-refractivity contribution < 1.29 is 0 Å². The zero-order valence-corrected chi connectivity index (χ0v) is 24.3. The van der Waals surface area contributed by atoms with Crippen LogP contribution in [0.1, 0.15) is 39.7 Å². The fraction of sp³-hybridized carbons (Fsp3) is 0.243. The lowest BCUT2D eigenvalue weighted by Crippen LogP contribution is -2.15. The van der Waals surface area contributed by atoms with E-state index < -0.39 is 0 Å². The van der Waals surface area contributed by atoms with Gasteiger partial charge in [0.1, 0.15) is 0 Å². The van der Waals surface area contributed by atoms with Crippen LogP contribution in [0.25, 0.3) is 55.2 Å². The van der Waals surface area contributed by atoms with Gasteiger partial charge in [-0.1, -0.05) is 64.1 Å². The minimum Gasteiger partial charge on any atom is -0.308 e. The molecular formula is C37H36N4. The lowest BCUT2D eigenvalue weighted by Gasteiger charge is -2.24. The van der Waals surface area contributed by atoms with Gasteiger partial charge in [-0.25, -0.2) is 0 Å². The number of para-hydroxylation sites is 2. The second-order valence-corrected chi connectivity index (χ2v) is 12.1. The highest BCUT2D eigenvalue weighted by Gasteiger charge is 2.20. The summed E-state index contributed by atoms with van der Waals surface area (Å²) < 4.78 is 4.78. The van der Waals surface area contributed by atoms with Gasteiger partial charge in [-0.05, 0) is 90.8 Å². The molecule has 0 N–H and O–H groups in total. The molecule has 7 aromatic rings. The summed E-state index contributed by atoms with van der Waals surface area (Å²) in [6.45, 7) is 9.42. The minimum absolute atomic E-state index is 0.609. The predicted molar refractivity (Wildman–Crippen MR) is 172 cm³/mol. The number of hydrogen-bond acceptors (Lipinski definition) is 2. The molecule has 0 aliphatic rings. The van der Waals surface area contributed by atoms with Crippen molar-refractivity contribution in [2.75, 3.05) is 0 Å². The van der Waals surface area contributed by atoms with E-state index in [-0.39, 0.29) is 0 Å². The Bertz CT molecular complexity index is 1790. The summed E-state index contributed by atoms with van der Waals surface area (Å²) in [4.78, 5) is 9.60. The average Bonchev–Trinajstić information content (AvgIpc) is 3.50. The van der Waals surface area contributed by atoms with Crippen LogP contribution in [0.4, 0.5) is 0 Å². The topological polar surface area (TPSA) is 35.6 Å². The van der Waals surface area contributed by atoms with Crippen LogP contribution in [-0.2, 0) is 6.42 Å². The van der Waals surface area contributed by atoms with Crippen molar-refractivity contribution >= 4 is 43.9 Å². The van der Waals surface area contributed by atoms with E-state index in [1.54, 1.807) is 0 Å². The number of nitrogens with zero attached hydrogens (tertiary/aromatic N) is 4. The van der Waals surface area contributed by atoms with E-state index >= 15 is 0 Å². The Labute approximate surface area is 241 Å². The fourth-order valence-electron chi connectivity index (χ4n) is 6.66. The van der Waals surface area contributed by atoms with Crippen LogP contribution in [0.15, 0.2) is 103 Å². The van der Waals surface area contributed by atoms with Gasteiger partial charge in [-0.3, -0.25) is 9.97 Å². The van der Waals surface area contributed by atoms with Crippen molar-refractivity contribution in [2.24, 2.45) is 17.8 Å². The summed E-state index contributed by atoms with van der Waals surface area (Å²) in [6.07, 6.45) is 6.05. The lowest BCUT2D eigenvalue weighted by molar-refractivity contribution is 0.315. The van der Waals surface area contributed by atoms with Crippen LogP contribution >= 0.6 is 0 Å². The molecule has 0 saturated carbocycles. The molecule has 0 spiro atoms. The molecule has 1 atom stereocenters. The zero-order valence-electron chi connectivity index (χ0n) is 24.3. The molecule has 1 unspecified atom stereocenters. The van der Waals surface area contributed by atoms with Crippen LogP contribution < -0.4 is 0 Å². The third-order valence-electron chi connectivity index (χ3n) is 8.55. The van der Waals surface area contributed by atoms with Crippen LogP contribution in [0.2, 0.25) is 0 Å². The van der Waals surface area contributed by atoms with Gasteiger partial charge in [-0.15, -0.1) is 0 Å². The van der Waals surface area contributed by atoms with E-state index in [2.05, 4.69) is 116 Å². The lowest BCUT2D eigenvalue weighted by atomic mass is 9.83. The van der Waals surface area contributed by atoms with E-state index in [1.165, 1.54) is 45.2 Å². The van der Waals surface area contributed by atoms with Crippen molar-refractivity contribution in [1.82, 2.24) is 19.1 Å². The molecule has 4 nitrogen and oxygen atoms in total. The van der Waals surface area contributed by atoms with Gasteiger partial charge in [0, 0.05) is 34.5 Å². The smallest absolute Gasteiger partial charge is 0.0963 e. The molecule has 7 rings (SSSR count). The molecule has 0 radical (unpaired) electrons. The first-order valence-corrected chi connectivity index (χ1v) is 14.8. The molecule has 4 heteroatoms. The van der Waals surface area contributed by atoms with E-state index in [1.807, 2.05) is 24.5 Å². The van der Waals surface area contributed by atoms with Gasteiger partial charge in [0.15, 0.2) is 0 Å². The Morgan fingerprint density at radius 2 is 1.07 bits per heavy atom. The highest BCUT2D eigenvalue weighted by atomic mass is 15.0. The molecule has 0 saturated heterocycles. The fourth-order valence-corrected chi connectivity index (χ4v) is 6.66. The summed E-state index contributed by atoms with van der Waals surface area (Å²) in [5, 5.41) is 2.35. The monoisotopic (exact) mass is 536 g/mol. The second kappa shape index (κ2) is 10.2. The van der Waals surface area contributed by atoms with Crippen LogP contribution in [-0.4, -0.2) is 19.1 Å². The normalized spacial score (nSPS) is 12.9. The number of pyridine rings is 2. The van der Waals surface area contributed by atoms with Crippen molar-refractivity contribution in [3.63, 3.8) is 0 Å². The van der Waals surface area contributed by atoms with Gasteiger partial charge >= 0.3 is 0 Å². The Balaban J connectivity index is 1.53. The highest BCUT2D eigenvalue weighted by Crippen LogP contribution is 2.36. The largest absolute Gasteiger partial charge is 0.308 e. The number of rotatable bonds is 7. The SMILES string of the molecule is CC(C)CC(Cc1cc(-n2c3ccccc3c3ncccc32)cc(-n2c3ccccc3c3ncccc32)c1)C(C)C. The van der Waals surface area contributed by atoms with Gasteiger partial charge < -0.3 is 9.13 Å². The minimum atomic E-state index is 0.609. The standard InChI is InChI=1S/C37H36N4/c1-24(2)19-27(25(3)4)20-26-21-28(40-32-13-7-5-11-30(32)36-34(40)15-9-17-38-36)23-29(22-26)41-33-14-8-6-12-31(33)37-35(41)16-10-18-39-37/h5-18,21-25,27H,19-20H2,1-4H3. The van der Waals surface area contributed by atoms with Crippen molar-refractivity contribution in [3.05, 3.63) is 109 Å². The maximum Gasteiger partial charge on any atom is 0.0963 e. The van der Waals surface area contributed by atoms with Crippen LogP contribution in [0.5, 0.6) is 0 Å². The highest BCUT2D eigenvalue weighted by molar-refractivity contribution is 6.08. The quantitative estimate of drug-likeness (QED) is 0.203. The molecule has 4 aromatic heterocycles. The summed E-state index contributed by atoms with van der Waals surface area (Å²) in [5.74, 6) is 1.88. The molecule has 0 aliphatic heterocycles. The molecule has 3 aromatic carbocycles. The Morgan fingerprint density at radius 1 is 0.585 bits per heavy atom. The van der Waals surface area contributed by atoms with Crippen molar-refractivity contribution in [3.8, 4) is 11.4 Å². The Hall–Kier alpha value is -4.44.